The van der Waals surface area contributed by atoms with Gasteiger partial charge >= 0.3 is 44.3 Å². The van der Waals surface area contributed by atoms with E-state index < -0.39 is 198 Å². The van der Waals surface area contributed by atoms with Gasteiger partial charge in [0.15, 0.2) is 133 Å². The van der Waals surface area contributed by atoms with E-state index in [9.17, 15) is 16.5 Å². The van der Waals surface area contributed by atoms with Gasteiger partial charge in [0, 0.05) is 74.1 Å². The Morgan fingerprint density at radius 2 is 0.202 bits per heavy atom. The first kappa shape index (κ1) is 139. The van der Waals surface area contributed by atoms with Crippen molar-refractivity contribution < 1.29 is 65.8 Å². The van der Waals surface area contributed by atoms with E-state index in [-0.39, 0.29) is 53.4 Å². The minimum Gasteiger partial charge on any atom is -0.415 e. The molecule has 0 aliphatic rings. The lowest BCUT2D eigenvalue weighted by Gasteiger charge is -2.57. The zero-order valence-electron chi connectivity index (χ0n) is 90.1. The van der Waals surface area contributed by atoms with Crippen molar-refractivity contribution in [1.82, 2.24) is 0 Å². The highest BCUT2D eigenvalue weighted by atomic mass is 79.9. The van der Waals surface area contributed by atoms with Crippen molar-refractivity contribution in [1.29, 1.82) is 0 Å². The Morgan fingerprint density at radius 1 is 0.124 bits per heavy atom. The predicted molar refractivity (Wildman–Crippen MR) is 658 cm³/mol. The maximum absolute atomic E-state index is 9.54. The van der Waals surface area contributed by atoms with E-state index in [1.807, 2.05) is 0 Å². The van der Waals surface area contributed by atoms with E-state index in [4.69, 9.17) is 49.4 Å². The molecule has 0 amide bonds. The molecule has 0 bridgehead atoms. The van der Waals surface area contributed by atoms with E-state index in [0.717, 1.165) is 77.0 Å². The summed E-state index contributed by atoms with van der Waals surface area (Å²) >= 11 is 52.2. The lowest BCUT2D eigenvalue weighted by molar-refractivity contribution is 0.136. The molecular formula is C80H192Br12O16Si21. The van der Waals surface area contributed by atoms with Gasteiger partial charge in [0.05, 0.1) is 0 Å². The zero-order chi connectivity index (χ0) is 102. The van der Waals surface area contributed by atoms with Gasteiger partial charge in [-0.3, -0.25) is 0 Å². The van der Waals surface area contributed by atoms with Crippen LogP contribution >= 0.6 is 191 Å². The van der Waals surface area contributed by atoms with Gasteiger partial charge in [0.25, 0.3) is 0 Å². The average molecular weight is 2960 g/mol. The van der Waals surface area contributed by atoms with Crippen molar-refractivity contribution in [2.24, 2.45) is 0 Å². The second-order valence-corrected chi connectivity index (χ2v) is 154. The molecule has 776 valence electrons. The van der Waals surface area contributed by atoms with Crippen molar-refractivity contribution >= 4 is 369 Å². The largest absolute Gasteiger partial charge is 0.637 e. The van der Waals surface area contributed by atoms with E-state index in [1.165, 1.54) is 0 Å². The van der Waals surface area contributed by atoms with Crippen LogP contribution in [0.3, 0.4) is 0 Å². The van der Waals surface area contributed by atoms with E-state index >= 15 is 0 Å². The van der Waals surface area contributed by atoms with Crippen LogP contribution in [0.4, 0.5) is 0 Å². The summed E-state index contributed by atoms with van der Waals surface area (Å²) in [5.74, 6) is 0. The summed E-state index contributed by atoms with van der Waals surface area (Å²) in [5, 5.41) is -1.82. The Hall–Kier alpha value is 9.67. The van der Waals surface area contributed by atoms with Crippen LogP contribution in [0.1, 0.15) is 214 Å². The fourth-order valence-electron chi connectivity index (χ4n) is 18.5. The predicted octanol–water partition coefficient (Wildman–Crippen LogP) is 34.6. The normalized spacial score (nSPS) is 20.7. The number of alkyl halides is 12. The maximum atomic E-state index is 9.54. The number of hydrogen-bond donors (Lipinski definition) is 0. The zero-order valence-corrected chi connectivity index (χ0v) is 130. The molecule has 0 radical (unpaired) electrons. The molecule has 49 heteroatoms. The lowest BCUT2D eigenvalue weighted by atomic mass is 10.6. The minimum atomic E-state index is -5.32. The van der Waals surface area contributed by atoms with Crippen molar-refractivity contribution in [2.75, 3.05) is 0 Å². The molecule has 0 aliphatic carbocycles. The molecule has 0 aliphatic heterocycles. The molecule has 0 fully saturated rings. The fraction of sp³-hybridized carbons (Fsp3) is 1.00. The van der Waals surface area contributed by atoms with Crippen LogP contribution in [-0.2, 0) is 65.8 Å². The summed E-state index contributed by atoms with van der Waals surface area (Å²) in [7, 11) is -73.2. The third-order valence-electron chi connectivity index (χ3n) is 26.5. The monoisotopic (exact) mass is 2940 g/mol. The molecule has 0 heterocycles. The van der Waals surface area contributed by atoms with Crippen molar-refractivity contribution in [3.63, 3.8) is 0 Å². The van der Waals surface area contributed by atoms with Crippen LogP contribution in [0.25, 0.3) is 0 Å². The number of halogens is 12. The molecular weight excluding hydrogens is 2770 g/mol. The first-order valence-corrected chi connectivity index (χ1v) is 116. The van der Waals surface area contributed by atoms with Gasteiger partial charge in [-0.15, -0.1) is 0 Å². The molecule has 129 heavy (non-hydrogen) atoms. The number of hydrogen-bond acceptors (Lipinski definition) is 16. The quantitative estimate of drug-likeness (QED) is 0.0420. The average Bonchev–Trinajstić information content (AvgIpc) is 0.682. The van der Waals surface area contributed by atoms with E-state index in [1.54, 1.807) is 0 Å². The van der Waals surface area contributed by atoms with Crippen LogP contribution in [0.5, 0.6) is 0 Å². The van der Waals surface area contributed by atoms with E-state index in [0.29, 0.717) is 25.7 Å². The van der Waals surface area contributed by atoms with Crippen molar-refractivity contribution in [3.05, 3.63) is 0 Å². The molecule has 0 aromatic carbocycles. The SMILES string of the molecule is CCC(Br)[Si](C)(C)O[Si](O[Si](C)(C)C(Br)CC)(O[Si](C)(C)C(Br)CC)C(CC)[Si](C)(C)O[Si](O[Si](C)(C)C(CC)[Si](O[Si](C)(C)C(Br)CC)(O[Si](C)(C)C(Br)CC)O[Si](C)(C)C(Br)CC)(O[Si](C)(C)C(CC)[Si](O[Si](C)(C)C(Br)CC)(O[Si](C)(C)C(Br)CC)O[Si](C)(C)C(Br)CC)O[Si](C)(C)C(CC)[Si](O[Si](C)(C)C(Br)CC)(O[Si](C)(C)C(Br)CC)O[Si](C)(C)C(Br)CC. The first-order valence-electron chi connectivity index (χ1n) is 48.8. The van der Waals surface area contributed by atoms with Gasteiger partial charge in [-0.2, -0.15) is 0 Å². The van der Waals surface area contributed by atoms with E-state index in [2.05, 4.69) is 511 Å². The molecule has 16 atom stereocenters. The fourth-order valence-corrected chi connectivity index (χ4v) is 139. The first-order chi connectivity index (χ1) is 57.9. The van der Waals surface area contributed by atoms with Crippen LogP contribution in [0.15, 0.2) is 0 Å². The van der Waals surface area contributed by atoms with Gasteiger partial charge < -0.3 is 65.8 Å². The minimum absolute atomic E-state index is 0.0421. The van der Waals surface area contributed by atoms with Crippen molar-refractivity contribution in [2.45, 2.75) is 497 Å². The third kappa shape index (κ3) is 38.2. The Labute approximate surface area is 919 Å². The lowest BCUT2D eigenvalue weighted by Crippen LogP contribution is -2.77. The highest BCUT2D eigenvalue weighted by Crippen LogP contribution is 2.56. The van der Waals surface area contributed by atoms with Gasteiger partial charge in [-0.1, -0.05) is 302 Å². The third-order valence-corrected chi connectivity index (χ3v) is 174. The number of rotatable bonds is 68. The highest BCUT2D eigenvalue weighted by molar-refractivity contribution is 9.12. The van der Waals surface area contributed by atoms with Gasteiger partial charge in [-0.05, 0) is 312 Å². The Morgan fingerprint density at radius 3 is 0.264 bits per heavy atom. The topological polar surface area (TPSA) is 148 Å². The molecule has 0 rings (SSSR count). The molecule has 16 nitrogen and oxygen atoms in total. The standard InChI is InChI=1S/C80H192Br12O16Si21/c1-49-65(81)109(17,18)93-125(94-110(19,20)66(82)50-2,95-111(21,22)67(83)51-3)77(61-13)121(41,42)105-129(106-122(43,44)78(62-14)126(96-112(23,24)68(84)52-4,97-113(25,26)69(85)53-5)98-114(27,28)70(86)54-6,107-123(45,46)79(63-15)127(99-115(29,30)71(87)55-7,100-116(31,32)72(88)56-8)101-117(33,34)73(89)57-9)108-124(47,48)80(64-16)128(102-118(35,36)74(90)58-10,103-119(37,38)75(91)59-11)104-120(39,40)76(92)60-12/h65-80H,49-64H2,1-48H3. The summed E-state index contributed by atoms with van der Waals surface area (Å²) in [6, 6.07) is 0. The molecule has 0 spiro atoms. The van der Waals surface area contributed by atoms with Gasteiger partial charge in [-0.25, -0.2) is 0 Å². The second-order valence-electron chi connectivity index (χ2n) is 44.6. The van der Waals surface area contributed by atoms with Crippen LogP contribution < -0.4 is 0 Å². The Kier molecular flexibility index (Phi) is 59.4. The summed E-state index contributed by atoms with van der Waals surface area (Å²) in [6.45, 7) is 113. The Balaban J connectivity index is 13.3. The smallest absolute Gasteiger partial charge is 0.415 e. The summed E-state index contributed by atoms with van der Waals surface area (Å²) in [4.78, 5) is 0. The molecule has 0 N–H and O–H groups in total. The van der Waals surface area contributed by atoms with Crippen LogP contribution in [-0.4, -0.2) is 231 Å². The highest BCUT2D eigenvalue weighted by Gasteiger charge is 2.76. The molecule has 0 saturated carbocycles. The second kappa shape index (κ2) is 55.3. The molecule has 0 aromatic rings. The maximum Gasteiger partial charge on any atom is 0.637 e. The van der Waals surface area contributed by atoms with Gasteiger partial charge in [0.1, 0.15) is 0 Å². The Bertz CT molecular complexity index is 2640. The summed E-state index contributed by atoms with van der Waals surface area (Å²) in [6.07, 6.45) is 12.6. The van der Waals surface area contributed by atoms with Crippen LogP contribution in [0, 0.1) is 0 Å². The van der Waals surface area contributed by atoms with Gasteiger partial charge in [0.2, 0.25) is 0 Å². The van der Waals surface area contributed by atoms with Crippen LogP contribution in [0.2, 0.25) is 230 Å². The molecule has 0 aromatic heterocycles. The summed E-state index contributed by atoms with van der Waals surface area (Å²) < 4.78 is 142. The van der Waals surface area contributed by atoms with Crippen molar-refractivity contribution in [3.8, 4) is 0 Å². The molecule has 0 saturated heterocycles. The summed E-state index contributed by atoms with van der Waals surface area (Å²) in [5.41, 5.74) is 0. The molecule has 16 unspecified atom stereocenters.